The molecule has 0 aromatic carbocycles. The summed E-state index contributed by atoms with van der Waals surface area (Å²) >= 11 is 0. The lowest BCUT2D eigenvalue weighted by atomic mass is 9.90. The van der Waals surface area contributed by atoms with E-state index in [-0.39, 0.29) is 0 Å². The summed E-state index contributed by atoms with van der Waals surface area (Å²) in [5.41, 5.74) is 1.23. The first-order chi connectivity index (χ1) is 8.60. The Kier molecular flexibility index (Phi) is 23.5. The molecule has 0 radical (unpaired) electrons. The van der Waals surface area contributed by atoms with Crippen LogP contribution >= 0.6 is 0 Å². The summed E-state index contributed by atoms with van der Waals surface area (Å²) in [6, 6.07) is 0. The summed E-state index contributed by atoms with van der Waals surface area (Å²) in [4.78, 5) is 10.8. The Hall–Kier alpha value is -0.590. The number of unbranched alkanes of at least 4 members (excludes halogenated alkanes) is 2. The molecule has 1 rings (SSSR count). The molecular weight excluding hydrogens is 220 g/mol. The summed E-state index contributed by atoms with van der Waals surface area (Å²) in [5.74, 6) is 0.869. The van der Waals surface area contributed by atoms with E-state index in [1.807, 2.05) is 34.6 Å². The Morgan fingerprint density at radius 1 is 1.06 bits per heavy atom. The first-order valence-electron chi connectivity index (χ1n) is 7.80. The van der Waals surface area contributed by atoms with Gasteiger partial charge in [-0.05, 0) is 25.3 Å². The van der Waals surface area contributed by atoms with Crippen molar-refractivity contribution in [2.45, 2.75) is 87.5 Å². The van der Waals surface area contributed by atoms with Crippen LogP contribution in [-0.2, 0) is 4.79 Å². The van der Waals surface area contributed by atoms with Crippen molar-refractivity contribution in [2.24, 2.45) is 5.92 Å². The lowest BCUT2D eigenvalue weighted by Gasteiger charge is -2.14. The molecule has 0 N–H and O–H groups in total. The Bertz CT molecular complexity index is 190. The van der Waals surface area contributed by atoms with Crippen LogP contribution in [-0.4, -0.2) is 5.78 Å². The molecule has 0 saturated heterocycles. The first-order valence-corrected chi connectivity index (χ1v) is 7.80. The third-order valence-electron chi connectivity index (χ3n) is 2.33. The van der Waals surface area contributed by atoms with Gasteiger partial charge in [-0.25, -0.2) is 0 Å². The van der Waals surface area contributed by atoms with Gasteiger partial charge in [0.15, 0.2) is 5.78 Å². The zero-order valence-corrected chi connectivity index (χ0v) is 14.1. The second kappa shape index (κ2) is 18.8. The lowest BCUT2D eigenvalue weighted by Crippen LogP contribution is -2.09. The zero-order valence-electron chi connectivity index (χ0n) is 14.1. The Morgan fingerprint density at radius 2 is 1.50 bits per heavy atom. The maximum absolute atomic E-state index is 10.8. The van der Waals surface area contributed by atoms with Crippen LogP contribution in [0.25, 0.3) is 0 Å². The molecule has 18 heavy (non-hydrogen) atoms. The smallest absolute Gasteiger partial charge is 0.155 e. The lowest BCUT2D eigenvalue weighted by molar-refractivity contribution is -0.115. The molecule has 110 valence electrons. The normalized spacial score (nSPS) is 17.0. The van der Waals surface area contributed by atoms with E-state index in [9.17, 15) is 4.79 Å². The van der Waals surface area contributed by atoms with Gasteiger partial charge in [0, 0.05) is 6.42 Å². The van der Waals surface area contributed by atoms with Crippen LogP contribution in [0.5, 0.6) is 0 Å². The fourth-order valence-electron chi connectivity index (χ4n) is 1.71. The predicted octanol–water partition coefficient (Wildman–Crippen LogP) is 6.18. The van der Waals surface area contributed by atoms with Gasteiger partial charge >= 0.3 is 0 Å². The topological polar surface area (TPSA) is 17.1 Å². The molecular formula is C17H36O. The van der Waals surface area contributed by atoms with Crippen molar-refractivity contribution in [1.29, 1.82) is 0 Å². The van der Waals surface area contributed by atoms with Crippen LogP contribution in [0.3, 0.4) is 0 Å². The second-order valence-corrected chi connectivity index (χ2v) is 4.32. The van der Waals surface area contributed by atoms with E-state index < -0.39 is 0 Å². The quantitative estimate of drug-likeness (QED) is 0.576. The van der Waals surface area contributed by atoms with E-state index in [0.717, 1.165) is 12.8 Å². The van der Waals surface area contributed by atoms with Crippen molar-refractivity contribution in [3.63, 3.8) is 0 Å². The van der Waals surface area contributed by atoms with Gasteiger partial charge < -0.3 is 0 Å². The summed E-state index contributed by atoms with van der Waals surface area (Å²) in [6.45, 7) is 16.6. The monoisotopic (exact) mass is 256 g/mol. The van der Waals surface area contributed by atoms with E-state index in [2.05, 4.69) is 20.8 Å². The molecule has 0 saturated carbocycles. The van der Waals surface area contributed by atoms with Crippen LogP contribution in [0, 0.1) is 5.92 Å². The fourth-order valence-corrected chi connectivity index (χ4v) is 1.71. The fraction of sp³-hybridized carbons (Fsp3) is 0.824. The SMILES string of the molecule is CC.CC.CC1=CC(=O)CC(C)C1.CCCCC. The standard InChI is InChI=1S/C8H12O.C5H12.2C2H6/c1-6-3-7(2)5-8(9)4-6;1-3-5-4-2;2*1-2/h4,7H,3,5H2,1-2H3;3-5H2,1-2H3;2*1-2H3. The Balaban J connectivity index is -0.000000215. The van der Waals surface area contributed by atoms with Crippen LogP contribution in [0.2, 0.25) is 0 Å². The van der Waals surface area contributed by atoms with Gasteiger partial charge in [0.1, 0.15) is 0 Å². The van der Waals surface area contributed by atoms with Gasteiger partial charge in [0.2, 0.25) is 0 Å². The molecule has 0 aromatic heterocycles. The summed E-state index contributed by atoms with van der Waals surface area (Å²) in [5, 5.41) is 0. The average molecular weight is 256 g/mol. The van der Waals surface area contributed by atoms with E-state index in [1.165, 1.54) is 24.8 Å². The molecule has 0 fully saturated rings. The third kappa shape index (κ3) is 17.8. The maximum Gasteiger partial charge on any atom is 0.155 e. The number of ketones is 1. The summed E-state index contributed by atoms with van der Waals surface area (Å²) < 4.78 is 0. The minimum absolute atomic E-state index is 0.297. The minimum atomic E-state index is 0.297. The first kappa shape index (κ1) is 22.6. The number of hydrogen-bond donors (Lipinski definition) is 0. The van der Waals surface area contributed by atoms with Crippen molar-refractivity contribution in [3.05, 3.63) is 11.6 Å². The molecule has 0 bridgehead atoms. The molecule has 1 atom stereocenters. The zero-order chi connectivity index (χ0) is 15.0. The number of allylic oxidation sites excluding steroid dienone is 2. The van der Waals surface area contributed by atoms with E-state index in [1.54, 1.807) is 6.08 Å². The van der Waals surface area contributed by atoms with Crippen molar-refractivity contribution in [3.8, 4) is 0 Å². The number of carbonyl (C=O) groups is 1. The Morgan fingerprint density at radius 3 is 1.72 bits per heavy atom. The number of rotatable bonds is 2. The van der Waals surface area contributed by atoms with Gasteiger partial charge in [0.05, 0.1) is 0 Å². The second-order valence-electron chi connectivity index (χ2n) is 4.32. The van der Waals surface area contributed by atoms with Gasteiger partial charge in [-0.1, -0.05) is 73.3 Å². The molecule has 0 aliphatic heterocycles. The van der Waals surface area contributed by atoms with Crippen LogP contribution in [0.1, 0.15) is 87.5 Å². The molecule has 0 spiro atoms. The van der Waals surface area contributed by atoms with Crippen molar-refractivity contribution in [2.75, 3.05) is 0 Å². The van der Waals surface area contributed by atoms with Gasteiger partial charge in [0.25, 0.3) is 0 Å². The summed E-state index contributed by atoms with van der Waals surface area (Å²) in [7, 11) is 0. The van der Waals surface area contributed by atoms with Gasteiger partial charge in [-0.2, -0.15) is 0 Å². The molecule has 1 aliphatic carbocycles. The van der Waals surface area contributed by atoms with E-state index >= 15 is 0 Å². The molecule has 0 heterocycles. The van der Waals surface area contributed by atoms with Crippen molar-refractivity contribution < 1.29 is 4.79 Å². The molecule has 1 nitrogen and oxygen atoms in total. The molecule has 0 aromatic rings. The van der Waals surface area contributed by atoms with Crippen molar-refractivity contribution in [1.82, 2.24) is 0 Å². The highest BCUT2D eigenvalue weighted by Gasteiger charge is 2.13. The van der Waals surface area contributed by atoms with Crippen LogP contribution < -0.4 is 0 Å². The predicted molar refractivity (Wildman–Crippen MR) is 85.1 cm³/mol. The average Bonchev–Trinajstić information content (AvgIpc) is 2.34. The van der Waals surface area contributed by atoms with Gasteiger partial charge in [-0.3, -0.25) is 4.79 Å². The molecule has 1 aliphatic rings. The number of hydrogen-bond acceptors (Lipinski definition) is 1. The molecule has 0 amide bonds. The van der Waals surface area contributed by atoms with E-state index in [4.69, 9.17) is 0 Å². The van der Waals surface area contributed by atoms with Crippen LogP contribution in [0.4, 0.5) is 0 Å². The minimum Gasteiger partial charge on any atom is -0.295 e. The maximum atomic E-state index is 10.8. The highest BCUT2D eigenvalue weighted by Crippen LogP contribution is 2.20. The third-order valence-corrected chi connectivity index (χ3v) is 2.33. The molecule has 1 unspecified atom stereocenters. The Labute approximate surface area is 116 Å². The van der Waals surface area contributed by atoms with Gasteiger partial charge in [-0.15, -0.1) is 0 Å². The highest BCUT2D eigenvalue weighted by atomic mass is 16.1. The van der Waals surface area contributed by atoms with Crippen LogP contribution in [0.15, 0.2) is 11.6 Å². The van der Waals surface area contributed by atoms with Crippen molar-refractivity contribution >= 4 is 5.78 Å². The largest absolute Gasteiger partial charge is 0.295 e. The number of carbonyl (C=O) groups excluding carboxylic acids is 1. The highest BCUT2D eigenvalue weighted by molar-refractivity contribution is 5.91. The molecule has 1 heteroatoms. The summed E-state index contributed by atoms with van der Waals surface area (Å²) in [6.07, 6.45) is 7.69. The van der Waals surface area contributed by atoms with E-state index in [0.29, 0.717) is 11.7 Å².